The predicted octanol–water partition coefficient (Wildman–Crippen LogP) is 5.21. The standard InChI is InChI=1S/C33H33NO5/c1-21-18-26-31(33(39)34(32(26)38)25-13-6-3-7-14-25)27(20-35)30(21)29(37)17-16-23(22-10-4-2-5-11-22)19-24-12-8-9-15-28(24)36/h2-15,19,26-27,29,31,35-37H,16-18,20H2,1H3/b23-19-/t26-,27+,29-,31-/m1/s1. The molecule has 0 unspecified atom stereocenters. The molecule has 1 fully saturated rings. The molecule has 1 aliphatic carbocycles. The maximum Gasteiger partial charge on any atom is 0.238 e. The van der Waals surface area contributed by atoms with Crippen LogP contribution in [0.5, 0.6) is 5.75 Å². The highest BCUT2D eigenvalue weighted by atomic mass is 16.3. The molecule has 0 aromatic heterocycles. The van der Waals surface area contributed by atoms with Crippen molar-refractivity contribution in [3.8, 4) is 5.75 Å². The fourth-order valence-corrected chi connectivity index (χ4v) is 6.15. The Balaban J connectivity index is 1.41. The van der Waals surface area contributed by atoms with Gasteiger partial charge in [0.25, 0.3) is 0 Å². The van der Waals surface area contributed by atoms with Crippen LogP contribution >= 0.6 is 0 Å². The van der Waals surface area contributed by atoms with Gasteiger partial charge in [0.15, 0.2) is 0 Å². The van der Waals surface area contributed by atoms with Gasteiger partial charge in [-0.3, -0.25) is 14.5 Å². The van der Waals surface area contributed by atoms with Crippen LogP contribution < -0.4 is 4.90 Å². The molecular formula is C33H33NO5. The SMILES string of the molecule is CC1=C([C@H](O)CC/C(=C/c2ccccc2O)c2ccccc2)[C@H](CO)[C@@H]2C(=O)N(c3ccccc3)C(=O)[C@@H]2C1. The first-order valence-corrected chi connectivity index (χ1v) is 13.4. The topological polar surface area (TPSA) is 98.1 Å². The summed E-state index contributed by atoms with van der Waals surface area (Å²) in [5, 5.41) is 32.2. The van der Waals surface area contributed by atoms with Crippen LogP contribution in [0, 0.1) is 17.8 Å². The lowest BCUT2D eigenvalue weighted by Gasteiger charge is -2.35. The lowest BCUT2D eigenvalue weighted by molar-refractivity contribution is -0.123. The third-order valence-corrected chi connectivity index (χ3v) is 8.00. The lowest BCUT2D eigenvalue weighted by atomic mass is 9.68. The smallest absolute Gasteiger partial charge is 0.238 e. The van der Waals surface area contributed by atoms with Crippen molar-refractivity contribution in [2.75, 3.05) is 11.5 Å². The van der Waals surface area contributed by atoms with E-state index in [-0.39, 0.29) is 24.2 Å². The van der Waals surface area contributed by atoms with Crippen LogP contribution in [0.2, 0.25) is 0 Å². The van der Waals surface area contributed by atoms with E-state index in [1.807, 2.05) is 61.5 Å². The first-order valence-electron chi connectivity index (χ1n) is 13.4. The van der Waals surface area contributed by atoms with E-state index in [1.54, 1.807) is 36.4 Å². The summed E-state index contributed by atoms with van der Waals surface area (Å²) >= 11 is 0. The molecular weight excluding hydrogens is 490 g/mol. The minimum Gasteiger partial charge on any atom is -0.507 e. The first-order chi connectivity index (χ1) is 18.9. The highest BCUT2D eigenvalue weighted by molar-refractivity contribution is 6.22. The monoisotopic (exact) mass is 523 g/mol. The first kappa shape index (κ1) is 26.6. The Kier molecular flexibility index (Phi) is 7.77. The van der Waals surface area contributed by atoms with Crippen LogP contribution in [0.4, 0.5) is 5.69 Å². The summed E-state index contributed by atoms with van der Waals surface area (Å²) in [7, 11) is 0. The van der Waals surface area contributed by atoms with Crippen LogP contribution in [0.25, 0.3) is 11.6 Å². The fourth-order valence-electron chi connectivity index (χ4n) is 6.15. The van der Waals surface area contributed by atoms with E-state index in [1.165, 1.54) is 4.90 Å². The zero-order valence-corrected chi connectivity index (χ0v) is 21.9. The number of rotatable bonds is 8. The third kappa shape index (κ3) is 5.18. The summed E-state index contributed by atoms with van der Waals surface area (Å²) in [5.74, 6) is -2.29. The Labute approximate surface area is 228 Å². The molecule has 3 aromatic carbocycles. The highest BCUT2D eigenvalue weighted by Crippen LogP contribution is 2.47. The minimum absolute atomic E-state index is 0.177. The van der Waals surface area contributed by atoms with Gasteiger partial charge in [0.2, 0.25) is 11.8 Å². The number of hydrogen-bond acceptors (Lipinski definition) is 5. The van der Waals surface area contributed by atoms with Gasteiger partial charge >= 0.3 is 0 Å². The second kappa shape index (κ2) is 11.4. The average Bonchev–Trinajstić information content (AvgIpc) is 3.20. The molecule has 1 saturated heterocycles. The number of anilines is 1. The van der Waals surface area contributed by atoms with E-state index >= 15 is 0 Å². The van der Waals surface area contributed by atoms with Crippen molar-refractivity contribution in [2.24, 2.45) is 17.8 Å². The Bertz CT molecular complexity index is 1410. The van der Waals surface area contributed by atoms with Gasteiger partial charge in [-0.25, -0.2) is 0 Å². The zero-order chi connectivity index (χ0) is 27.5. The number of aromatic hydroxyl groups is 1. The number of phenols is 1. The quantitative estimate of drug-likeness (QED) is 0.214. The number of aliphatic hydroxyl groups excluding tert-OH is 2. The summed E-state index contributed by atoms with van der Waals surface area (Å²) in [5.41, 5.74) is 4.66. The van der Waals surface area contributed by atoms with Gasteiger partial charge in [-0.15, -0.1) is 0 Å². The van der Waals surface area contributed by atoms with Crippen molar-refractivity contribution in [1.29, 1.82) is 0 Å². The van der Waals surface area contributed by atoms with Crippen LogP contribution in [-0.2, 0) is 9.59 Å². The van der Waals surface area contributed by atoms with Crippen LogP contribution in [-0.4, -0.2) is 39.8 Å². The number of allylic oxidation sites excluding steroid dienone is 2. The number of carbonyl (C=O) groups is 2. The van der Waals surface area contributed by atoms with Gasteiger partial charge in [0.05, 0.1) is 30.2 Å². The number of fused-ring (bicyclic) bond motifs is 1. The van der Waals surface area contributed by atoms with E-state index in [2.05, 4.69) is 0 Å². The lowest BCUT2D eigenvalue weighted by Crippen LogP contribution is -2.38. The molecule has 5 rings (SSSR count). The van der Waals surface area contributed by atoms with Gasteiger partial charge in [-0.1, -0.05) is 72.3 Å². The summed E-state index contributed by atoms with van der Waals surface area (Å²) in [6.07, 6.45) is 2.27. The molecule has 200 valence electrons. The van der Waals surface area contributed by atoms with E-state index in [9.17, 15) is 24.9 Å². The third-order valence-electron chi connectivity index (χ3n) is 8.00. The number of imide groups is 1. The number of nitrogens with zero attached hydrogens (tertiary/aromatic N) is 1. The largest absolute Gasteiger partial charge is 0.507 e. The Morgan fingerprint density at radius 2 is 1.59 bits per heavy atom. The van der Waals surface area contributed by atoms with Crippen LogP contribution in [0.1, 0.15) is 37.3 Å². The molecule has 6 nitrogen and oxygen atoms in total. The zero-order valence-electron chi connectivity index (χ0n) is 21.9. The average molecular weight is 524 g/mol. The van der Waals surface area contributed by atoms with E-state index in [0.29, 0.717) is 36.1 Å². The maximum absolute atomic E-state index is 13.5. The fraction of sp³-hybridized carbons (Fsp3) is 0.273. The molecule has 0 bridgehead atoms. The molecule has 0 radical (unpaired) electrons. The summed E-state index contributed by atoms with van der Waals surface area (Å²) in [4.78, 5) is 28.1. The summed E-state index contributed by atoms with van der Waals surface area (Å²) in [6, 6.07) is 25.8. The second-order valence-corrected chi connectivity index (χ2v) is 10.4. The Morgan fingerprint density at radius 3 is 2.26 bits per heavy atom. The number of aliphatic hydroxyl groups is 2. The normalized spacial score (nSPS) is 22.3. The maximum atomic E-state index is 13.5. The van der Waals surface area contributed by atoms with Gasteiger partial charge in [-0.2, -0.15) is 0 Å². The van der Waals surface area contributed by atoms with Gasteiger partial charge in [0, 0.05) is 11.5 Å². The molecule has 6 heteroatoms. The molecule has 4 atom stereocenters. The molecule has 0 saturated carbocycles. The number of para-hydroxylation sites is 2. The number of benzene rings is 3. The van der Waals surface area contributed by atoms with Crippen molar-refractivity contribution < 1.29 is 24.9 Å². The Morgan fingerprint density at radius 1 is 0.949 bits per heavy atom. The van der Waals surface area contributed by atoms with Crippen molar-refractivity contribution in [3.05, 3.63) is 107 Å². The molecule has 1 heterocycles. The van der Waals surface area contributed by atoms with Crippen molar-refractivity contribution >= 4 is 29.2 Å². The number of amides is 2. The van der Waals surface area contributed by atoms with E-state index in [0.717, 1.165) is 16.7 Å². The van der Waals surface area contributed by atoms with Gasteiger partial charge in [-0.05, 0) is 67.2 Å². The van der Waals surface area contributed by atoms with Crippen molar-refractivity contribution in [2.45, 2.75) is 32.3 Å². The summed E-state index contributed by atoms with van der Waals surface area (Å²) < 4.78 is 0. The Hall–Kier alpha value is -4.00. The van der Waals surface area contributed by atoms with Crippen LogP contribution in [0.3, 0.4) is 0 Å². The number of hydrogen-bond donors (Lipinski definition) is 3. The van der Waals surface area contributed by atoms with E-state index in [4.69, 9.17) is 0 Å². The molecule has 39 heavy (non-hydrogen) atoms. The molecule has 2 amide bonds. The minimum atomic E-state index is -0.895. The summed E-state index contributed by atoms with van der Waals surface area (Å²) in [6.45, 7) is 1.56. The van der Waals surface area contributed by atoms with Gasteiger partial charge in [0.1, 0.15) is 5.75 Å². The molecule has 1 aliphatic heterocycles. The van der Waals surface area contributed by atoms with Gasteiger partial charge < -0.3 is 15.3 Å². The number of phenolic OH excluding ortho intramolecular Hbond substituents is 1. The highest BCUT2D eigenvalue weighted by Gasteiger charge is 2.54. The second-order valence-electron chi connectivity index (χ2n) is 10.4. The predicted molar refractivity (Wildman–Crippen MR) is 151 cm³/mol. The molecule has 0 spiro atoms. The van der Waals surface area contributed by atoms with Crippen molar-refractivity contribution in [3.63, 3.8) is 0 Å². The van der Waals surface area contributed by atoms with E-state index < -0.39 is 23.9 Å². The van der Waals surface area contributed by atoms with Crippen molar-refractivity contribution in [1.82, 2.24) is 0 Å². The molecule has 3 aromatic rings. The van der Waals surface area contributed by atoms with Crippen LogP contribution in [0.15, 0.2) is 96.1 Å². The molecule has 3 N–H and O–H groups in total. The molecule has 2 aliphatic rings. The number of carbonyl (C=O) groups excluding carboxylic acids is 2.